The van der Waals surface area contributed by atoms with Crippen LogP contribution in [0.2, 0.25) is 13.1 Å². The fourth-order valence-electron chi connectivity index (χ4n) is 4.00. The first-order valence-corrected chi connectivity index (χ1v) is 14.8. The molecule has 4 heteroatoms. The zero-order valence-corrected chi connectivity index (χ0v) is 21.1. The molecule has 0 amide bonds. The van der Waals surface area contributed by atoms with Crippen molar-refractivity contribution in [2.45, 2.75) is 64.6 Å². The Morgan fingerprint density at radius 3 is 1.88 bits per heavy atom. The lowest BCUT2D eigenvalue weighted by molar-refractivity contribution is 0.285. The Hall–Kier alpha value is -2.46. The average molecular weight is 466 g/mol. The number of halogens is 2. The highest BCUT2D eigenvalue weighted by Gasteiger charge is 2.16. The minimum absolute atomic E-state index is 0.00911. The highest BCUT2D eigenvalue weighted by molar-refractivity contribution is 6.55. The molecule has 33 heavy (non-hydrogen) atoms. The van der Waals surface area contributed by atoms with Gasteiger partial charge in [-0.25, -0.2) is 4.39 Å². The summed E-state index contributed by atoms with van der Waals surface area (Å²) in [7, 11) is -0.296. The van der Waals surface area contributed by atoms with Crippen molar-refractivity contribution in [1.29, 1.82) is 0 Å². The lowest BCUT2D eigenvalue weighted by atomic mass is 9.99. The summed E-state index contributed by atoms with van der Waals surface area (Å²) < 4.78 is 34.9. The van der Waals surface area contributed by atoms with Crippen molar-refractivity contribution in [3.63, 3.8) is 0 Å². The van der Waals surface area contributed by atoms with Gasteiger partial charge in [-0.05, 0) is 41.3 Å². The van der Waals surface area contributed by atoms with E-state index in [2.05, 4.69) is 44.3 Å². The zero-order chi connectivity index (χ0) is 23.6. The van der Waals surface area contributed by atoms with Crippen molar-refractivity contribution >= 4 is 8.80 Å². The molecule has 0 aliphatic heterocycles. The molecule has 1 nitrogen and oxygen atoms in total. The Morgan fingerprint density at radius 1 is 0.667 bits per heavy atom. The molecule has 0 unspecified atom stereocenters. The van der Waals surface area contributed by atoms with E-state index in [-0.39, 0.29) is 20.1 Å². The Kier molecular flexibility index (Phi) is 9.68. The lowest BCUT2D eigenvalue weighted by Crippen LogP contribution is -2.04. The molecular weight excluding hydrogens is 430 g/mol. The summed E-state index contributed by atoms with van der Waals surface area (Å²) in [5.74, 6) is -1.78. The fourth-order valence-corrected chi connectivity index (χ4v) is 5.05. The van der Waals surface area contributed by atoms with E-state index < -0.39 is 11.6 Å². The summed E-state index contributed by atoms with van der Waals surface area (Å²) in [6.45, 7) is 7.22. The largest absolute Gasteiger partial charge is 0.490 e. The third kappa shape index (κ3) is 7.26. The van der Waals surface area contributed by atoms with E-state index in [0.29, 0.717) is 12.2 Å². The minimum atomic E-state index is -0.911. The normalized spacial score (nSPS) is 11.2. The molecule has 3 rings (SSSR count). The van der Waals surface area contributed by atoms with Crippen LogP contribution in [0.5, 0.6) is 5.75 Å². The van der Waals surface area contributed by atoms with Crippen LogP contribution < -0.4 is 4.74 Å². The summed E-state index contributed by atoms with van der Waals surface area (Å²) in [5.41, 5.74) is 4.45. The van der Waals surface area contributed by atoms with Crippen LogP contribution in [0, 0.1) is 11.6 Å². The Labute approximate surface area is 199 Å². The number of rotatable bonds is 12. The van der Waals surface area contributed by atoms with Gasteiger partial charge in [-0.2, -0.15) is 4.39 Å². The van der Waals surface area contributed by atoms with E-state index in [1.54, 1.807) is 6.07 Å². The zero-order valence-electron chi connectivity index (χ0n) is 20.1. The molecule has 3 aromatic rings. The first-order valence-electron chi connectivity index (χ1n) is 12.1. The van der Waals surface area contributed by atoms with Crippen LogP contribution in [0.3, 0.4) is 0 Å². The van der Waals surface area contributed by atoms with Gasteiger partial charge >= 0.3 is 0 Å². The molecule has 1 radical (unpaired) electrons. The van der Waals surface area contributed by atoms with Gasteiger partial charge in [0.25, 0.3) is 0 Å². The molecule has 0 saturated heterocycles. The SMILES string of the molecule is CCCCCCCCOc1ccc(-c2ccc(-c3ccc(C[Si](C)C)cc3)cc2)c(F)c1F. The van der Waals surface area contributed by atoms with Crippen LogP contribution in [0.25, 0.3) is 22.3 Å². The summed E-state index contributed by atoms with van der Waals surface area (Å²) >= 11 is 0. The van der Waals surface area contributed by atoms with Gasteiger partial charge in [0.2, 0.25) is 5.82 Å². The maximum Gasteiger partial charge on any atom is 0.201 e. The van der Waals surface area contributed by atoms with Crippen LogP contribution in [-0.2, 0) is 6.04 Å². The van der Waals surface area contributed by atoms with E-state index in [1.165, 1.54) is 30.9 Å². The third-order valence-electron chi connectivity index (χ3n) is 5.84. The predicted molar refractivity (Wildman–Crippen MR) is 137 cm³/mol. The third-order valence-corrected chi connectivity index (χ3v) is 6.96. The van der Waals surface area contributed by atoms with E-state index in [0.717, 1.165) is 36.4 Å². The maximum atomic E-state index is 14.8. The minimum Gasteiger partial charge on any atom is -0.490 e. The van der Waals surface area contributed by atoms with Gasteiger partial charge in [0.05, 0.1) is 6.61 Å². The van der Waals surface area contributed by atoms with Crippen LogP contribution in [-0.4, -0.2) is 15.4 Å². The predicted octanol–water partition coefficient (Wildman–Crippen LogP) is 8.87. The molecular formula is C29H35F2OSi. The topological polar surface area (TPSA) is 9.23 Å². The summed E-state index contributed by atoms with van der Waals surface area (Å²) in [4.78, 5) is 0. The molecule has 175 valence electrons. The van der Waals surface area contributed by atoms with Crippen molar-refractivity contribution < 1.29 is 13.5 Å². The highest BCUT2D eigenvalue weighted by Crippen LogP contribution is 2.31. The van der Waals surface area contributed by atoms with Gasteiger partial charge in [0.1, 0.15) is 0 Å². The van der Waals surface area contributed by atoms with Crippen molar-refractivity contribution in [2.24, 2.45) is 0 Å². The number of hydrogen-bond donors (Lipinski definition) is 0. The molecule has 0 aliphatic rings. The maximum absolute atomic E-state index is 14.8. The van der Waals surface area contributed by atoms with Crippen LogP contribution >= 0.6 is 0 Å². The van der Waals surface area contributed by atoms with Gasteiger partial charge in [-0.1, -0.05) is 106 Å². The monoisotopic (exact) mass is 465 g/mol. The molecule has 0 atom stereocenters. The van der Waals surface area contributed by atoms with Gasteiger partial charge < -0.3 is 4.74 Å². The van der Waals surface area contributed by atoms with Gasteiger partial charge in [-0.15, -0.1) is 0 Å². The molecule has 0 aliphatic carbocycles. The first-order chi connectivity index (χ1) is 16.0. The highest BCUT2D eigenvalue weighted by atomic mass is 28.3. The molecule has 0 heterocycles. The van der Waals surface area contributed by atoms with E-state index >= 15 is 0 Å². The molecule has 0 aromatic heterocycles. The van der Waals surface area contributed by atoms with Gasteiger partial charge in [0, 0.05) is 14.4 Å². The first kappa shape index (κ1) is 25.2. The van der Waals surface area contributed by atoms with Crippen LogP contribution in [0.1, 0.15) is 51.0 Å². The summed E-state index contributed by atoms with van der Waals surface area (Å²) in [6, 6.07) is 20.5. The molecule has 3 aromatic carbocycles. The van der Waals surface area contributed by atoms with Crippen molar-refractivity contribution in [3.05, 3.63) is 77.9 Å². The Balaban J connectivity index is 1.63. The number of unbranched alkanes of at least 4 members (excludes halogenated alkanes) is 5. The number of ether oxygens (including phenoxy) is 1. The number of hydrogen-bond acceptors (Lipinski definition) is 1. The molecule has 0 N–H and O–H groups in total. The standard InChI is InChI=1S/C29H35F2OSi/c1-4-5-6-7-8-9-20-32-27-19-18-26(28(30)29(27)31)25-16-14-24(15-17-25)23-12-10-22(11-13-23)21-33(2)3/h10-19H,4-9,20-21H2,1-3H3. The second-order valence-corrected chi connectivity index (χ2v) is 11.8. The lowest BCUT2D eigenvalue weighted by Gasteiger charge is -2.11. The Bertz CT molecular complexity index is 997. The van der Waals surface area contributed by atoms with E-state index in [4.69, 9.17) is 4.74 Å². The molecule has 0 bridgehead atoms. The van der Waals surface area contributed by atoms with Crippen molar-refractivity contribution in [1.82, 2.24) is 0 Å². The summed E-state index contributed by atoms with van der Waals surface area (Å²) in [6.07, 6.45) is 6.74. The molecule has 0 fully saturated rings. The van der Waals surface area contributed by atoms with E-state index in [1.807, 2.05) is 24.3 Å². The molecule has 0 spiro atoms. The second-order valence-electron chi connectivity index (χ2n) is 9.01. The Morgan fingerprint density at radius 2 is 1.24 bits per heavy atom. The number of benzene rings is 3. The van der Waals surface area contributed by atoms with Gasteiger partial charge in [0.15, 0.2) is 11.6 Å². The average Bonchev–Trinajstić information content (AvgIpc) is 2.81. The van der Waals surface area contributed by atoms with Crippen molar-refractivity contribution in [3.8, 4) is 28.0 Å². The van der Waals surface area contributed by atoms with Gasteiger partial charge in [-0.3, -0.25) is 0 Å². The fraction of sp³-hybridized carbons (Fsp3) is 0.379. The van der Waals surface area contributed by atoms with Crippen molar-refractivity contribution in [2.75, 3.05) is 6.61 Å². The second kappa shape index (κ2) is 12.7. The molecule has 0 saturated carbocycles. The van der Waals surface area contributed by atoms with Crippen LogP contribution in [0.4, 0.5) is 8.78 Å². The summed E-state index contributed by atoms with van der Waals surface area (Å²) in [5, 5.41) is 0. The quantitative estimate of drug-likeness (QED) is 0.192. The smallest absolute Gasteiger partial charge is 0.201 e. The van der Waals surface area contributed by atoms with Crippen LogP contribution in [0.15, 0.2) is 60.7 Å². The van der Waals surface area contributed by atoms with E-state index in [9.17, 15) is 8.78 Å².